The molecule has 0 heterocycles. The molecule has 0 unspecified atom stereocenters. The largest absolute Gasteiger partial charge is 0.479 e. The van der Waals surface area contributed by atoms with Crippen LogP contribution in [0.1, 0.15) is 18.4 Å². The van der Waals surface area contributed by atoms with Crippen molar-refractivity contribution in [1.82, 2.24) is 5.32 Å². The molecule has 1 aliphatic carbocycles. The second-order valence-electron chi connectivity index (χ2n) is 3.88. The lowest BCUT2D eigenvalue weighted by Crippen LogP contribution is -2.16. The number of benzene rings is 1. The lowest BCUT2D eigenvalue weighted by Gasteiger charge is -2.12. The standard InChI is InChI=1S/C13H14BrNO/c1-2-8-16-13-10(4-3-5-12(13)14)9-15-11-6-7-11/h1,3-5,11,15H,6-9H2. The number of hydrogen-bond donors (Lipinski definition) is 1. The highest BCUT2D eigenvalue weighted by molar-refractivity contribution is 9.10. The highest BCUT2D eigenvalue weighted by Crippen LogP contribution is 2.30. The Kier molecular flexibility index (Phi) is 3.87. The Morgan fingerprint density at radius 3 is 3.00 bits per heavy atom. The van der Waals surface area contributed by atoms with Crippen molar-refractivity contribution in [3.8, 4) is 18.1 Å². The van der Waals surface area contributed by atoms with Gasteiger partial charge in [-0.2, -0.15) is 0 Å². The van der Waals surface area contributed by atoms with Gasteiger partial charge in [-0.15, -0.1) is 6.42 Å². The maximum absolute atomic E-state index is 5.55. The van der Waals surface area contributed by atoms with Gasteiger partial charge < -0.3 is 10.1 Å². The van der Waals surface area contributed by atoms with Gasteiger partial charge >= 0.3 is 0 Å². The van der Waals surface area contributed by atoms with Crippen LogP contribution in [0.25, 0.3) is 0 Å². The molecule has 2 nitrogen and oxygen atoms in total. The molecule has 0 aromatic heterocycles. The number of nitrogens with one attached hydrogen (secondary N) is 1. The molecule has 1 aromatic rings. The summed E-state index contributed by atoms with van der Waals surface area (Å²) >= 11 is 3.48. The fraction of sp³-hybridized carbons (Fsp3) is 0.385. The maximum atomic E-state index is 5.55. The van der Waals surface area contributed by atoms with E-state index in [0.29, 0.717) is 12.6 Å². The zero-order valence-corrected chi connectivity index (χ0v) is 10.6. The van der Waals surface area contributed by atoms with E-state index in [1.807, 2.05) is 12.1 Å². The minimum atomic E-state index is 0.305. The van der Waals surface area contributed by atoms with Crippen molar-refractivity contribution in [2.45, 2.75) is 25.4 Å². The molecular formula is C13H14BrNO. The molecule has 0 aliphatic heterocycles. The van der Waals surface area contributed by atoms with Gasteiger partial charge in [0.05, 0.1) is 4.47 Å². The van der Waals surface area contributed by atoms with Crippen molar-refractivity contribution >= 4 is 15.9 Å². The monoisotopic (exact) mass is 279 g/mol. The average Bonchev–Trinajstić information content (AvgIpc) is 3.09. The first-order valence-corrected chi connectivity index (χ1v) is 6.17. The summed E-state index contributed by atoms with van der Waals surface area (Å²) in [6, 6.07) is 6.73. The summed E-state index contributed by atoms with van der Waals surface area (Å²) in [7, 11) is 0. The van der Waals surface area contributed by atoms with Crippen LogP contribution in [0.15, 0.2) is 22.7 Å². The molecule has 16 heavy (non-hydrogen) atoms. The number of rotatable bonds is 5. The van der Waals surface area contributed by atoms with E-state index >= 15 is 0 Å². The topological polar surface area (TPSA) is 21.3 Å². The molecule has 0 saturated heterocycles. The third-order valence-corrected chi connectivity index (χ3v) is 3.13. The third-order valence-electron chi connectivity index (χ3n) is 2.51. The predicted octanol–water partition coefficient (Wildman–Crippen LogP) is 2.71. The Labute approximate surface area is 105 Å². The maximum Gasteiger partial charge on any atom is 0.148 e. The molecule has 1 N–H and O–H groups in total. The molecule has 1 aromatic carbocycles. The number of hydrogen-bond acceptors (Lipinski definition) is 2. The summed E-state index contributed by atoms with van der Waals surface area (Å²) in [5.74, 6) is 3.34. The van der Waals surface area contributed by atoms with Crippen LogP contribution < -0.4 is 10.1 Å². The molecule has 1 saturated carbocycles. The van der Waals surface area contributed by atoms with E-state index in [0.717, 1.165) is 22.3 Å². The zero-order valence-electron chi connectivity index (χ0n) is 9.00. The Balaban J connectivity index is 2.07. The van der Waals surface area contributed by atoms with Gasteiger partial charge in [0.2, 0.25) is 0 Å². The van der Waals surface area contributed by atoms with Crippen LogP contribution >= 0.6 is 15.9 Å². The summed E-state index contributed by atoms with van der Waals surface area (Å²) in [6.45, 7) is 1.14. The smallest absolute Gasteiger partial charge is 0.148 e. The molecule has 2 rings (SSSR count). The Morgan fingerprint density at radius 1 is 1.50 bits per heavy atom. The van der Waals surface area contributed by atoms with E-state index in [1.165, 1.54) is 12.8 Å². The number of halogens is 1. The Morgan fingerprint density at radius 2 is 2.31 bits per heavy atom. The summed E-state index contributed by atoms with van der Waals surface area (Å²) in [6.07, 6.45) is 7.78. The highest BCUT2D eigenvalue weighted by Gasteiger charge is 2.20. The van der Waals surface area contributed by atoms with Gasteiger partial charge in [0, 0.05) is 18.2 Å². The first-order valence-electron chi connectivity index (χ1n) is 5.38. The molecule has 0 bridgehead atoms. The van der Waals surface area contributed by atoms with E-state index in [-0.39, 0.29) is 0 Å². The van der Waals surface area contributed by atoms with Crippen LogP contribution in [0.3, 0.4) is 0 Å². The molecule has 0 radical (unpaired) electrons. The van der Waals surface area contributed by atoms with E-state index in [4.69, 9.17) is 11.2 Å². The normalized spacial score (nSPS) is 14.5. The molecule has 84 valence electrons. The molecule has 3 heteroatoms. The van der Waals surface area contributed by atoms with Crippen LogP contribution in [0, 0.1) is 12.3 Å². The van der Waals surface area contributed by atoms with Crippen LogP contribution in [0.4, 0.5) is 0 Å². The summed E-state index contributed by atoms with van der Waals surface area (Å²) in [4.78, 5) is 0. The minimum Gasteiger partial charge on any atom is -0.479 e. The van der Waals surface area contributed by atoms with Crippen molar-refractivity contribution in [2.24, 2.45) is 0 Å². The van der Waals surface area contributed by atoms with E-state index in [1.54, 1.807) is 0 Å². The first kappa shape index (κ1) is 11.5. The van der Waals surface area contributed by atoms with Crippen LogP contribution in [-0.4, -0.2) is 12.6 Å². The third kappa shape index (κ3) is 3.01. The van der Waals surface area contributed by atoms with E-state index in [9.17, 15) is 0 Å². The van der Waals surface area contributed by atoms with Gasteiger partial charge in [0.15, 0.2) is 0 Å². The second kappa shape index (κ2) is 5.38. The lowest BCUT2D eigenvalue weighted by molar-refractivity contribution is 0.362. The van der Waals surface area contributed by atoms with Gasteiger partial charge in [0.1, 0.15) is 12.4 Å². The van der Waals surface area contributed by atoms with Gasteiger partial charge in [-0.05, 0) is 34.8 Å². The highest BCUT2D eigenvalue weighted by atomic mass is 79.9. The van der Waals surface area contributed by atoms with Crippen LogP contribution in [0.2, 0.25) is 0 Å². The number of ether oxygens (including phenoxy) is 1. The summed E-state index contributed by atoms with van der Waals surface area (Å²) < 4.78 is 6.50. The Bertz CT molecular complexity index is 407. The molecular weight excluding hydrogens is 266 g/mol. The van der Waals surface area contributed by atoms with Crippen molar-refractivity contribution < 1.29 is 4.74 Å². The molecule has 0 atom stereocenters. The fourth-order valence-electron chi connectivity index (χ4n) is 1.51. The Hall–Kier alpha value is -0.980. The SMILES string of the molecule is C#CCOc1c(Br)cccc1CNC1CC1. The van der Waals surface area contributed by atoms with Crippen molar-refractivity contribution in [1.29, 1.82) is 0 Å². The van der Waals surface area contributed by atoms with Crippen molar-refractivity contribution in [2.75, 3.05) is 6.61 Å². The fourth-order valence-corrected chi connectivity index (χ4v) is 2.03. The van der Waals surface area contributed by atoms with E-state index in [2.05, 4.69) is 33.2 Å². The van der Waals surface area contributed by atoms with Crippen LogP contribution in [-0.2, 0) is 6.54 Å². The number of para-hydroxylation sites is 1. The molecule has 0 amide bonds. The van der Waals surface area contributed by atoms with Gasteiger partial charge in [-0.1, -0.05) is 18.1 Å². The minimum absolute atomic E-state index is 0.305. The molecule has 0 spiro atoms. The first-order chi connectivity index (χ1) is 7.81. The molecule has 1 aliphatic rings. The lowest BCUT2D eigenvalue weighted by atomic mass is 10.2. The second-order valence-corrected chi connectivity index (χ2v) is 4.73. The summed E-state index contributed by atoms with van der Waals surface area (Å²) in [5, 5.41) is 3.46. The van der Waals surface area contributed by atoms with Crippen molar-refractivity contribution in [3.63, 3.8) is 0 Å². The number of terminal acetylenes is 1. The summed E-state index contributed by atoms with van der Waals surface area (Å²) in [5.41, 5.74) is 1.15. The van der Waals surface area contributed by atoms with E-state index < -0.39 is 0 Å². The average molecular weight is 280 g/mol. The molecule has 1 fully saturated rings. The zero-order chi connectivity index (χ0) is 11.4. The van der Waals surface area contributed by atoms with Crippen LogP contribution in [0.5, 0.6) is 5.75 Å². The van der Waals surface area contributed by atoms with Gasteiger partial charge in [0.25, 0.3) is 0 Å². The van der Waals surface area contributed by atoms with Gasteiger partial charge in [-0.3, -0.25) is 0 Å². The van der Waals surface area contributed by atoms with Gasteiger partial charge in [-0.25, -0.2) is 0 Å². The predicted molar refractivity (Wildman–Crippen MR) is 68.3 cm³/mol. The quantitative estimate of drug-likeness (QED) is 0.837. The van der Waals surface area contributed by atoms with Crippen molar-refractivity contribution in [3.05, 3.63) is 28.2 Å².